The first-order valence-corrected chi connectivity index (χ1v) is 8.13. The molecule has 1 aliphatic rings. The van der Waals surface area contributed by atoms with Crippen LogP contribution >= 0.6 is 0 Å². The van der Waals surface area contributed by atoms with Crippen molar-refractivity contribution in [3.05, 3.63) is 23.3 Å². The molecule has 0 saturated heterocycles. The lowest BCUT2D eigenvalue weighted by atomic mass is 10.0. The average molecular weight is 299 g/mol. The Morgan fingerprint density at radius 3 is 2.15 bits per heavy atom. The summed E-state index contributed by atoms with van der Waals surface area (Å²) in [6, 6.07) is 3.81. The third kappa shape index (κ3) is 2.62. The van der Waals surface area contributed by atoms with E-state index in [1.165, 1.54) is 0 Å². The summed E-state index contributed by atoms with van der Waals surface area (Å²) < 4.78 is 36.6. The van der Waals surface area contributed by atoms with Gasteiger partial charge in [0.2, 0.25) is 10.0 Å². The molecular formula is C14H21NO4S. The molecule has 1 aliphatic heterocycles. The van der Waals surface area contributed by atoms with Gasteiger partial charge in [-0.3, -0.25) is 0 Å². The van der Waals surface area contributed by atoms with Crippen molar-refractivity contribution in [2.24, 2.45) is 0 Å². The Balaban J connectivity index is 2.35. The lowest BCUT2D eigenvalue weighted by Crippen LogP contribution is -2.39. The second-order valence-electron chi connectivity index (χ2n) is 5.15. The number of benzene rings is 1. The number of methoxy groups -OCH3 is 2. The molecule has 1 heterocycles. The van der Waals surface area contributed by atoms with E-state index in [-0.39, 0.29) is 0 Å². The van der Waals surface area contributed by atoms with Crippen LogP contribution in [0.1, 0.15) is 25.0 Å². The monoisotopic (exact) mass is 299 g/mol. The first kappa shape index (κ1) is 15.1. The fraction of sp³-hybridized carbons (Fsp3) is 0.571. The first-order chi connectivity index (χ1) is 9.40. The highest BCUT2D eigenvalue weighted by Crippen LogP contribution is 2.34. The van der Waals surface area contributed by atoms with Gasteiger partial charge in [0, 0.05) is 13.1 Å². The van der Waals surface area contributed by atoms with E-state index in [0.717, 1.165) is 11.1 Å². The maximum atomic E-state index is 12.2. The second-order valence-corrected chi connectivity index (χ2v) is 7.64. The van der Waals surface area contributed by atoms with Crippen LogP contribution in [0.3, 0.4) is 0 Å². The van der Waals surface area contributed by atoms with Crippen LogP contribution in [0.5, 0.6) is 11.5 Å². The summed E-state index contributed by atoms with van der Waals surface area (Å²) in [6.07, 6.45) is 0.696. The van der Waals surface area contributed by atoms with Crippen LogP contribution in [0, 0.1) is 0 Å². The van der Waals surface area contributed by atoms with Crippen molar-refractivity contribution in [1.29, 1.82) is 0 Å². The molecule has 0 atom stereocenters. The molecule has 0 saturated carbocycles. The molecule has 0 unspecified atom stereocenters. The van der Waals surface area contributed by atoms with Crippen molar-refractivity contribution in [3.8, 4) is 11.5 Å². The molecule has 1 aromatic rings. The zero-order valence-electron chi connectivity index (χ0n) is 12.3. The number of rotatable bonds is 4. The zero-order chi connectivity index (χ0) is 14.9. The highest BCUT2D eigenvalue weighted by molar-refractivity contribution is 7.89. The molecule has 1 aromatic carbocycles. The third-order valence-electron chi connectivity index (χ3n) is 3.64. The van der Waals surface area contributed by atoms with Crippen LogP contribution in [0.25, 0.3) is 0 Å². The predicted molar refractivity (Wildman–Crippen MR) is 77.7 cm³/mol. The number of fused-ring (bicyclic) bond motifs is 1. The van der Waals surface area contributed by atoms with Gasteiger partial charge in [-0.2, -0.15) is 4.31 Å². The van der Waals surface area contributed by atoms with Crippen molar-refractivity contribution < 1.29 is 17.9 Å². The van der Waals surface area contributed by atoms with E-state index in [1.807, 2.05) is 12.1 Å². The number of ether oxygens (including phenoxy) is 2. The van der Waals surface area contributed by atoms with E-state index in [1.54, 1.807) is 32.4 Å². The van der Waals surface area contributed by atoms with Gasteiger partial charge in [-0.15, -0.1) is 0 Å². The smallest absolute Gasteiger partial charge is 0.216 e. The number of sulfonamides is 1. The molecule has 20 heavy (non-hydrogen) atoms. The summed E-state index contributed by atoms with van der Waals surface area (Å²) in [5, 5.41) is -0.399. The highest BCUT2D eigenvalue weighted by Gasteiger charge is 2.29. The summed E-state index contributed by atoms with van der Waals surface area (Å²) in [7, 11) is -0.0378. The molecule has 6 heteroatoms. The molecule has 2 rings (SSSR count). The zero-order valence-corrected chi connectivity index (χ0v) is 13.2. The van der Waals surface area contributed by atoms with E-state index < -0.39 is 15.3 Å². The van der Waals surface area contributed by atoms with Crippen LogP contribution in [-0.4, -0.2) is 38.7 Å². The second kappa shape index (κ2) is 5.61. The van der Waals surface area contributed by atoms with Crippen LogP contribution in [-0.2, 0) is 23.0 Å². The molecule has 0 amide bonds. The minimum Gasteiger partial charge on any atom is -0.493 e. The molecule has 5 nitrogen and oxygen atoms in total. The van der Waals surface area contributed by atoms with E-state index >= 15 is 0 Å². The maximum absolute atomic E-state index is 12.2. The molecular weight excluding hydrogens is 278 g/mol. The van der Waals surface area contributed by atoms with Gasteiger partial charge in [-0.25, -0.2) is 8.42 Å². The lowest BCUT2D eigenvalue weighted by molar-refractivity contribution is 0.348. The fourth-order valence-corrected chi connectivity index (χ4v) is 3.63. The van der Waals surface area contributed by atoms with Gasteiger partial charge in [0.15, 0.2) is 11.5 Å². The van der Waals surface area contributed by atoms with Crippen LogP contribution in [0.4, 0.5) is 0 Å². The molecule has 0 aliphatic carbocycles. The van der Waals surface area contributed by atoms with Crippen molar-refractivity contribution in [3.63, 3.8) is 0 Å². The van der Waals surface area contributed by atoms with Gasteiger partial charge >= 0.3 is 0 Å². The molecule has 0 N–H and O–H groups in total. The topological polar surface area (TPSA) is 55.8 Å². The van der Waals surface area contributed by atoms with E-state index in [0.29, 0.717) is 31.0 Å². The minimum absolute atomic E-state index is 0.399. The minimum atomic E-state index is -3.22. The van der Waals surface area contributed by atoms with Crippen molar-refractivity contribution in [1.82, 2.24) is 4.31 Å². The molecule has 0 radical (unpaired) electrons. The Morgan fingerprint density at radius 2 is 1.65 bits per heavy atom. The van der Waals surface area contributed by atoms with E-state index in [9.17, 15) is 8.42 Å². The third-order valence-corrected chi connectivity index (χ3v) is 5.86. The predicted octanol–water partition coefficient (Wildman–Crippen LogP) is 1.80. The quantitative estimate of drug-likeness (QED) is 0.850. The first-order valence-electron chi connectivity index (χ1n) is 6.63. The normalized spacial score (nSPS) is 16.1. The largest absolute Gasteiger partial charge is 0.493 e. The summed E-state index contributed by atoms with van der Waals surface area (Å²) in [5.41, 5.74) is 2.11. The van der Waals surface area contributed by atoms with Crippen molar-refractivity contribution in [2.75, 3.05) is 20.8 Å². The fourth-order valence-electron chi connectivity index (χ4n) is 2.37. The van der Waals surface area contributed by atoms with Crippen LogP contribution < -0.4 is 9.47 Å². The Bertz CT molecular complexity index is 595. The van der Waals surface area contributed by atoms with Gasteiger partial charge in [-0.1, -0.05) is 0 Å². The Kier molecular flexibility index (Phi) is 4.25. The average Bonchev–Trinajstić information content (AvgIpc) is 2.44. The summed E-state index contributed by atoms with van der Waals surface area (Å²) >= 11 is 0. The molecule has 0 spiro atoms. The van der Waals surface area contributed by atoms with Gasteiger partial charge < -0.3 is 9.47 Å². The van der Waals surface area contributed by atoms with E-state index in [4.69, 9.17) is 9.47 Å². The molecule has 112 valence electrons. The number of hydrogen-bond acceptors (Lipinski definition) is 4. The number of hydrogen-bond donors (Lipinski definition) is 0. The van der Waals surface area contributed by atoms with Gasteiger partial charge in [0.25, 0.3) is 0 Å². The summed E-state index contributed by atoms with van der Waals surface area (Å²) in [4.78, 5) is 0. The van der Waals surface area contributed by atoms with Gasteiger partial charge in [0.1, 0.15) is 0 Å². The summed E-state index contributed by atoms with van der Waals surface area (Å²) in [6.45, 7) is 4.33. The van der Waals surface area contributed by atoms with E-state index in [2.05, 4.69) is 0 Å². The Hall–Kier alpha value is -1.27. The van der Waals surface area contributed by atoms with Crippen molar-refractivity contribution >= 4 is 10.0 Å². The highest BCUT2D eigenvalue weighted by atomic mass is 32.2. The van der Waals surface area contributed by atoms with Crippen LogP contribution in [0.15, 0.2) is 12.1 Å². The number of nitrogens with zero attached hydrogens (tertiary/aromatic N) is 1. The van der Waals surface area contributed by atoms with Gasteiger partial charge in [0.05, 0.1) is 19.5 Å². The molecule has 0 fully saturated rings. The SMILES string of the molecule is COc1cc2c(cc1OC)CN(S(=O)(=O)C(C)C)CC2. The molecule has 0 aromatic heterocycles. The lowest BCUT2D eigenvalue weighted by Gasteiger charge is -2.30. The van der Waals surface area contributed by atoms with Crippen LogP contribution in [0.2, 0.25) is 0 Å². The Morgan fingerprint density at radius 1 is 1.10 bits per heavy atom. The maximum Gasteiger partial charge on any atom is 0.216 e. The summed E-state index contributed by atoms with van der Waals surface area (Å²) in [5.74, 6) is 1.32. The standard InChI is InChI=1S/C14H21NO4S/c1-10(2)20(16,17)15-6-5-11-7-13(18-3)14(19-4)8-12(11)9-15/h7-8,10H,5-6,9H2,1-4H3. The van der Waals surface area contributed by atoms with Crippen molar-refractivity contribution in [2.45, 2.75) is 32.1 Å². The molecule has 0 bridgehead atoms. The Labute approximate surface area is 120 Å². The van der Waals surface area contributed by atoms with Gasteiger partial charge in [-0.05, 0) is 43.5 Å².